The van der Waals surface area contributed by atoms with Crippen LogP contribution in [0, 0.1) is 6.92 Å². The fraction of sp³-hybridized carbons (Fsp3) is 0.364. The van der Waals surface area contributed by atoms with Crippen LogP contribution in [0.3, 0.4) is 0 Å². The minimum atomic E-state index is -0.408. The zero-order chi connectivity index (χ0) is 12.1. The lowest BCUT2D eigenvalue weighted by atomic mass is 10.2. The second-order valence-electron chi connectivity index (χ2n) is 3.30. The topological polar surface area (TPSA) is 65.5 Å². The van der Waals surface area contributed by atoms with Gasteiger partial charge in [0.25, 0.3) is 0 Å². The number of pyridine rings is 1. The van der Waals surface area contributed by atoms with Crippen molar-refractivity contribution >= 4 is 11.9 Å². The summed E-state index contributed by atoms with van der Waals surface area (Å²) in [7, 11) is 0. The Bertz CT molecular complexity index is 414. The maximum atomic E-state index is 10.8. The molecule has 5 nitrogen and oxygen atoms in total. The van der Waals surface area contributed by atoms with Crippen molar-refractivity contribution < 1.29 is 19.1 Å². The summed E-state index contributed by atoms with van der Waals surface area (Å²) in [6.45, 7) is 4.50. The van der Waals surface area contributed by atoms with Gasteiger partial charge in [0, 0.05) is 25.6 Å². The van der Waals surface area contributed by atoms with Crippen molar-refractivity contribution in [3.63, 3.8) is 0 Å². The number of hydrogen-bond donors (Lipinski definition) is 0. The summed E-state index contributed by atoms with van der Waals surface area (Å²) in [5, 5.41) is 0. The summed E-state index contributed by atoms with van der Waals surface area (Å²) in [4.78, 5) is 25.5. The van der Waals surface area contributed by atoms with Crippen LogP contribution in [0.15, 0.2) is 12.3 Å². The summed E-state index contributed by atoms with van der Waals surface area (Å²) in [6, 6.07) is 1.63. The average molecular weight is 223 g/mol. The van der Waals surface area contributed by atoms with Crippen molar-refractivity contribution in [3.05, 3.63) is 23.5 Å². The minimum Gasteiger partial charge on any atom is -0.461 e. The first kappa shape index (κ1) is 12.2. The van der Waals surface area contributed by atoms with Gasteiger partial charge in [0.2, 0.25) is 0 Å². The lowest BCUT2D eigenvalue weighted by molar-refractivity contribution is -0.142. The number of carbonyl (C=O) groups is 2. The molecule has 0 radical (unpaired) electrons. The maximum absolute atomic E-state index is 10.8. The molecule has 0 atom stereocenters. The van der Waals surface area contributed by atoms with Crippen LogP contribution in [0.2, 0.25) is 0 Å². The molecule has 86 valence electrons. The van der Waals surface area contributed by atoms with Crippen molar-refractivity contribution in [1.82, 2.24) is 4.98 Å². The van der Waals surface area contributed by atoms with Gasteiger partial charge < -0.3 is 9.47 Å². The fourth-order valence-corrected chi connectivity index (χ4v) is 1.08. The fourth-order valence-electron chi connectivity index (χ4n) is 1.08. The molecule has 0 aliphatic carbocycles. The molecule has 0 amide bonds. The summed E-state index contributed by atoms with van der Waals surface area (Å²) < 4.78 is 9.76. The molecule has 1 rings (SSSR count). The lowest BCUT2D eigenvalue weighted by Gasteiger charge is -2.07. The molecule has 0 spiro atoms. The monoisotopic (exact) mass is 223 g/mol. The molecule has 1 aromatic heterocycles. The van der Waals surface area contributed by atoms with Crippen LogP contribution in [-0.4, -0.2) is 16.9 Å². The highest BCUT2D eigenvalue weighted by molar-refractivity contribution is 5.69. The van der Waals surface area contributed by atoms with E-state index in [-0.39, 0.29) is 12.6 Å². The van der Waals surface area contributed by atoms with E-state index in [4.69, 9.17) is 9.47 Å². The number of aryl methyl sites for hydroxylation is 1. The summed E-state index contributed by atoms with van der Waals surface area (Å²) in [5.74, 6) is -0.388. The number of aromatic nitrogens is 1. The average Bonchev–Trinajstić information content (AvgIpc) is 2.18. The van der Waals surface area contributed by atoms with Crippen molar-refractivity contribution in [1.29, 1.82) is 0 Å². The molecular weight excluding hydrogens is 210 g/mol. The van der Waals surface area contributed by atoms with Crippen LogP contribution in [0.1, 0.15) is 25.1 Å². The highest BCUT2D eigenvalue weighted by atomic mass is 16.5. The number of carbonyl (C=O) groups excluding carboxylic acids is 2. The van der Waals surface area contributed by atoms with E-state index in [0.29, 0.717) is 17.0 Å². The Labute approximate surface area is 93.4 Å². The normalized spacial score (nSPS) is 9.69. The van der Waals surface area contributed by atoms with E-state index < -0.39 is 5.97 Å². The smallest absolute Gasteiger partial charge is 0.308 e. The number of rotatable bonds is 3. The van der Waals surface area contributed by atoms with E-state index in [9.17, 15) is 9.59 Å². The largest absolute Gasteiger partial charge is 0.461 e. The lowest BCUT2D eigenvalue weighted by Crippen LogP contribution is -2.05. The predicted molar refractivity (Wildman–Crippen MR) is 55.8 cm³/mol. The Morgan fingerprint density at radius 2 is 2.00 bits per heavy atom. The molecule has 0 aliphatic rings. The second kappa shape index (κ2) is 5.25. The van der Waals surface area contributed by atoms with Gasteiger partial charge in [-0.15, -0.1) is 0 Å². The van der Waals surface area contributed by atoms with E-state index in [1.807, 2.05) is 0 Å². The first-order valence-corrected chi connectivity index (χ1v) is 4.76. The Morgan fingerprint density at radius 3 is 2.56 bits per heavy atom. The first-order chi connectivity index (χ1) is 7.49. The summed E-state index contributed by atoms with van der Waals surface area (Å²) >= 11 is 0. The molecule has 0 aromatic carbocycles. The third-order valence-electron chi connectivity index (χ3n) is 1.79. The first-order valence-electron chi connectivity index (χ1n) is 4.76. The van der Waals surface area contributed by atoms with Crippen LogP contribution in [0.5, 0.6) is 5.75 Å². The maximum Gasteiger partial charge on any atom is 0.308 e. The predicted octanol–water partition coefficient (Wildman–Crippen LogP) is 1.38. The van der Waals surface area contributed by atoms with Gasteiger partial charge in [0.1, 0.15) is 6.61 Å². The highest BCUT2D eigenvalue weighted by Crippen LogP contribution is 2.17. The Balaban J connectivity index is 2.80. The molecule has 0 bridgehead atoms. The molecule has 0 saturated heterocycles. The SMILES string of the molecule is CC(=O)OCc1cnc(C)c(OC(C)=O)c1. The third-order valence-corrected chi connectivity index (χ3v) is 1.79. The highest BCUT2D eigenvalue weighted by Gasteiger charge is 2.06. The summed E-state index contributed by atoms with van der Waals surface area (Å²) in [6.07, 6.45) is 1.57. The van der Waals surface area contributed by atoms with Crippen LogP contribution in [0.4, 0.5) is 0 Å². The van der Waals surface area contributed by atoms with Gasteiger partial charge in [-0.3, -0.25) is 14.6 Å². The third kappa shape index (κ3) is 3.68. The van der Waals surface area contributed by atoms with Gasteiger partial charge in [-0.05, 0) is 13.0 Å². The zero-order valence-electron chi connectivity index (χ0n) is 9.44. The van der Waals surface area contributed by atoms with E-state index >= 15 is 0 Å². The quantitative estimate of drug-likeness (QED) is 0.724. The number of hydrogen-bond acceptors (Lipinski definition) is 5. The van der Waals surface area contributed by atoms with E-state index in [2.05, 4.69) is 4.98 Å². The number of nitrogens with zero attached hydrogens (tertiary/aromatic N) is 1. The molecule has 0 N–H and O–H groups in total. The molecule has 16 heavy (non-hydrogen) atoms. The van der Waals surface area contributed by atoms with Gasteiger partial charge in [0.05, 0.1) is 5.69 Å². The minimum absolute atomic E-state index is 0.122. The number of ether oxygens (including phenoxy) is 2. The molecule has 1 heterocycles. The van der Waals surface area contributed by atoms with Crippen molar-refractivity contribution in [2.75, 3.05) is 0 Å². The summed E-state index contributed by atoms with van der Waals surface area (Å²) in [5.41, 5.74) is 1.29. The zero-order valence-corrected chi connectivity index (χ0v) is 9.44. The van der Waals surface area contributed by atoms with Crippen LogP contribution in [0.25, 0.3) is 0 Å². The van der Waals surface area contributed by atoms with E-state index in [1.165, 1.54) is 13.8 Å². The Hall–Kier alpha value is -1.91. The standard InChI is InChI=1S/C11H13NO4/c1-7-11(16-9(3)14)4-10(5-12-7)6-15-8(2)13/h4-5H,6H2,1-3H3. The molecule has 5 heteroatoms. The second-order valence-corrected chi connectivity index (χ2v) is 3.30. The Morgan fingerprint density at radius 1 is 1.31 bits per heavy atom. The molecule has 0 fully saturated rings. The van der Waals surface area contributed by atoms with Gasteiger partial charge in [-0.25, -0.2) is 0 Å². The van der Waals surface area contributed by atoms with E-state index in [0.717, 1.165) is 0 Å². The molecule has 0 saturated carbocycles. The molecule has 0 unspecified atom stereocenters. The van der Waals surface area contributed by atoms with Crippen molar-refractivity contribution in [2.45, 2.75) is 27.4 Å². The molecular formula is C11H13NO4. The van der Waals surface area contributed by atoms with Crippen LogP contribution < -0.4 is 4.74 Å². The van der Waals surface area contributed by atoms with Gasteiger partial charge in [0.15, 0.2) is 5.75 Å². The molecule has 1 aromatic rings. The van der Waals surface area contributed by atoms with Crippen LogP contribution >= 0.6 is 0 Å². The van der Waals surface area contributed by atoms with Crippen molar-refractivity contribution in [2.24, 2.45) is 0 Å². The number of esters is 2. The van der Waals surface area contributed by atoms with Gasteiger partial charge in [-0.1, -0.05) is 0 Å². The molecule has 0 aliphatic heterocycles. The Kier molecular flexibility index (Phi) is 3.99. The van der Waals surface area contributed by atoms with Gasteiger partial charge >= 0.3 is 11.9 Å². The van der Waals surface area contributed by atoms with E-state index in [1.54, 1.807) is 19.2 Å². The van der Waals surface area contributed by atoms with Crippen LogP contribution in [-0.2, 0) is 20.9 Å². The van der Waals surface area contributed by atoms with Gasteiger partial charge in [-0.2, -0.15) is 0 Å². The van der Waals surface area contributed by atoms with Crippen molar-refractivity contribution in [3.8, 4) is 5.75 Å².